The smallest absolute Gasteiger partial charge is 0.407 e. The molecule has 6 rings (SSSR count). The van der Waals surface area contributed by atoms with E-state index in [9.17, 15) is 20.0 Å². The van der Waals surface area contributed by atoms with Gasteiger partial charge in [-0.05, 0) is 46.0 Å². The van der Waals surface area contributed by atoms with Crippen molar-refractivity contribution in [3.63, 3.8) is 0 Å². The van der Waals surface area contributed by atoms with E-state index in [1.807, 2.05) is 72.8 Å². The summed E-state index contributed by atoms with van der Waals surface area (Å²) in [5.41, 5.74) is 6.87. The van der Waals surface area contributed by atoms with E-state index in [0.717, 1.165) is 71.8 Å². The normalized spacial score (nSPS) is 20.8. The fourth-order valence-electron chi connectivity index (χ4n) is 6.61. The number of ether oxygens (including phenoxy) is 3. The summed E-state index contributed by atoms with van der Waals surface area (Å²) in [6, 6.07) is 30.9. The van der Waals surface area contributed by atoms with Crippen LogP contribution >= 0.6 is 0 Å². The maximum Gasteiger partial charge on any atom is 0.407 e. The SMILES string of the molecule is C=CCOC(=O)NCc1cccc(-c2ccc([C@H]3O[C@@H](CN4CCN(c5ccc([N+](=O)[O-])cc5)CC4)[C@@H](C)[C@@H](c4ccc(CO)cc4)O3)cc2)c1. The molecule has 11 nitrogen and oxygen atoms in total. The fourth-order valence-corrected chi connectivity index (χ4v) is 6.61. The molecular weight excluding hydrogens is 648 g/mol. The number of benzene rings is 4. The molecule has 266 valence electrons. The number of nitrogens with one attached hydrogen (secondary N) is 1. The van der Waals surface area contributed by atoms with Crippen molar-refractivity contribution in [1.82, 2.24) is 10.2 Å². The number of nitro benzene ring substituents is 1. The number of hydrogen-bond donors (Lipinski definition) is 2. The van der Waals surface area contributed by atoms with Gasteiger partial charge in [-0.3, -0.25) is 15.0 Å². The van der Waals surface area contributed by atoms with Crippen molar-refractivity contribution in [2.45, 2.75) is 38.6 Å². The van der Waals surface area contributed by atoms with Gasteiger partial charge in [0.15, 0.2) is 6.29 Å². The summed E-state index contributed by atoms with van der Waals surface area (Å²) in [7, 11) is 0. The molecule has 4 aromatic rings. The molecule has 0 unspecified atom stereocenters. The number of nitrogens with zero attached hydrogens (tertiary/aromatic N) is 3. The van der Waals surface area contributed by atoms with Crippen LogP contribution in [0.25, 0.3) is 11.1 Å². The number of amides is 1. The molecule has 51 heavy (non-hydrogen) atoms. The number of hydrogen-bond acceptors (Lipinski definition) is 9. The lowest BCUT2D eigenvalue weighted by atomic mass is 9.89. The number of aliphatic hydroxyl groups is 1. The number of anilines is 1. The maximum atomic E-state index is 11.9. The Morgan fingerprint density at radius 1 is 0.941 bits per heavy atom. The number of carbonyl (C=O) groups is 1. The molecule has 2 N–H and O–H groups in total. The predicted octanol–water partition coefficient (Wildman–Crippen LogP) is 6.78. The first-order valence-electron chi connectivity index (χ1n) is 17.2. The lowest BCUT2D eigenvalue weighted by Crippen LogP contribution is -2.51. The number of carbonyl (C=O) groups excluding carboxylic acids is 1. The zero-order valence-corrected chi connectivity index (χ0v) is 28.7. The molecule has 0 aliphatic carbocycles. The number of aliphatic hydroxyl groups excluding tert-OH is 1. The third kappa shape index (κ3) is 9.00. The van der Waals surface area contributed by atoms with Crippen LogP contribution < -0.4 is 10.2 Å². The van der Waals surface area contributed by atoms with Crippen molar-refractivity contribution in [2.24, 2.45) is 5.92 Å². The third-order valence-corrected chi connectivity index (χ3v) is 9.57. The Labute approximate surface area is 298 Å². The van der Waals surface area contributed by atoms with Gasteiger partial charge in [-0.2, -0.15) is 0 Å². The van der Waals surface area contributed by atoms with Gasteiger partial charge in [0.1, 0.15) is 6.61 Å². The second kappa shape index (κ2) is 16.8. The quantitative estimate of drug-likeness (QED) is 0.0939. The van der Waals surface area contributed by atoms with Crippen molar-refractivity contribution in [2.75, 3.05) is 44.2 Å². The molecule has 0 aromatic heterocycles. The largest absolute Gasteiger partial charge is 0.445 e. The van der Waals surface area contributed by atoms with E-state index in [4.69, 9.17) is 14.2 Å². The molecule has 0 bridgehead atoms. The van der Waals surface area contributed by atoms with E-state index in [2.05, 4.69) is 40.8 Å². The standard InChI is InChI=1S/C40H44N4O7/c1-3-23-49-40(46)41-25-30-5-4-6-34(24-30)31-11-13-33(14-12-31)39-50-37(28(2)38(51-39)32-9-7-29(27-45)8-10-32)26-42-19-21-43(22-20-42)35-15-17-36(18-16-35)44(47)48/h3-18,24,28,37-39,45H,1,19-23,25-27H2,2H3,(H,41,46)/t28-,37+,38+,39+/m1/s1. The van der Waals surface area contributed by atoms with Crippen LogP contribution in [0.15, 0.2) is 110 Å². The summed E-state index contributed by atoms with van der Waals surface area (Å²) in [5.74, 6) is 0.0543. The van der Waals surface area contributed by atoms with Crippen LogP contribution in [0.5, 0.6) is 0 Å². The number of nitro groups is 1. The number of non-ortho nitro benzene ring substituents is 1. The molecule has 0 radical (unpaired) electrons. The molecule has 4 aromatic carbocycles. The van der Waals surface area contributed by atoms with Crippen LogP contribution in [0, 0.1) is 16.0 Å². The first-order chi connectivity index (χ1) is 24.8. The summed E-state index contributed by atoms with van der Waals surface area (Å²) < 4.78 is 18.4. The Morgan fingerprint density at radius 3 is 2.31 bits per heavy atom. The number of piperazine rings is 1. The highest BCUT2D eigenvalue weighted by atomic mass is 16.7. The van der Waals surface area contributed by atoms with E-state index < -0.39 is 12.4 Å². The molecule has 2 fully saturated rings. The molecule has 2 aliphatic rings. The highest BCUT2D eigenvalue weighted by Crippen LogP contribution is 2.42. The Morgan fingerprint density at radius 2 is 1.65 bits per heavy atom. The zero-order valence-electron chi connectivity index (χ0n) is 28.7. The predicted molar refractivity (Wildman–Crippen MR) is 195 cm³/mol. The van der Waals surface area contributed by atoms with Crippen LogP contribution in [-0.2, 0) is 27.4 Å². The summed E-state index contributed by atoms with van der Waals surface area (Å²) in [6.07, 6.45) is 0.126. The van der Waals surface area contributed by atoms with E-state index >= 15 is 0 Å². The number of rotatable bonds is 12. The minimum Gasteiger partial charge on any atom is -0.445 e. The van der Waals surface area contributed by atoms with Crippen LogP contribution in [0.4, 0.5) is 16.2 Å². The average molecular weight is 693 g/mol. The van der Waals surface area contributed by atoms with Crippen molar-refractivity contribution in [3.05, 3.63) is 142 Å². The van der Waals surface area contributed by atoms with Gasteiger partial charge in [0.05, 0.1) is 23.7 Å². The minimum atomic E-state index is -0.582. The molecule has 0 saturated carbocycles. The van der Waals surface area contributed by atoms with Gasteiger partial charge in [0.2, 0.25) is 0 Å². The molecule has 0 spiro atoms. The van der Waals surface area contributed by atoms with Gasteiger partial charge < -0.3 is 29.5 Å². The van der Waals surface area contributed by atoms with Gasteiger partial charge >= 0.3 is 6.09 Å². The number of alkyl carbamates (subject to hydrolysis) is 1. The Kier molecular flexibility index (Phi) is 11.7. The lowest BCUT2D eigenvalue weighted by molar-refractivity contribution is -0.384. The molecule has 1 amide bonds. The van der Waals surface area contributed by atoms with Crippen molar-refractivity contribution < 1.29 is 29.0 Å². The molecule has 2 saturated heterocycles. The molecule has 11 heteroatoms. The minimum absolute atomic E-state index is 0.0182. The summed E-state index contributed by atoms with van der Waals surface area (Å²) in [4.78, 5) is 27.3. The Bertz CT molecular complexity index is 1770. The van der Waals surface area contributed by atoms with E-state index in [1.165, 1.54) is 6.08 Å². The van der Waals surface area contributed by atoms with Gasteiger partial charge in [-0.15, -0.1) is 0 Å². The highest BCUT2D eigenvalue weighted by Gasteiger charge is 2.39. The van der Waals surface area contributed by atoms with E-state index in [-0.39, 0.29) is 42.0 Å². The van der Waals surface area contributed by atoms with E-state index in [0.29, 0.717) is 6.54 Å². The summed E-state index contributed by atoms with van der Waals surface area (Å²) in [6.45, 7) is 10.2. The second-order valence-corrected chi connectivity index (χ2v) is 12.9. The monoisotopic (exact) mass is 692 g/mol. The maximum absolute atomic E-state index is 11.9. The summed E-state index contributed by atoms with van der Waals surface area (Å²) in [5, 5.41) is 23.5. The molecular formula is C40H44N4O7. The molecule has 2 heterocycles. The van der Waals surface area contributed by atoms with Crippen molar-refractivity contribution in [3.8, 4) is 11.1 Å². The van der Waals surface area contributed by atoms with Gasteiger partial charge in [0, 0.05) is 68.6 Å². The Hall–Kier alpha value is -5.07. The van der Waals surface area contributed by atoms with Crippen LogP contribution in [0.3, 0.4) is 0 Å². The third-order valence-electron chi connectivity index (χ3n) is 9.57. The fraction of sp³-hybridized carbons (Fsp3) is 0.325. The Balaban J connectivity index is 1.15. The zero-order chi connectivity index (χ0) is 35.7. The highest BCUT2D eigenvalue weighted by molar-refractivity contribution is 5.68. The molecule has 4 atom stereocenters. The lowest BCUT2D eigenvalue weighted by Gasteiger charge is -2.44. The van der Waals surface area contributed by atoms with Crippen LogP contribution in [-0.4, -0.2) is 66.5 Å². The average Bonchev–Trinajstić information content (AvgIpc) is 3.17. The second-order valence-electron chi connectivity index (χ2n) is 12.9. The van der Waals surface area contributed by atoms with Crippen LogP contribution in [0.1, 0.15) is 41.6 Å². The van der Waals surface area contributed by atoms with Gasteiger partial charge in [-0.1, -0.05) is 86.3 Å². The van der Waals surface area contributed by atoms with E-state index in [1.54, 1.807) is 12.1 Å². The van der Waals surface area contributed by atoms with Gasteiger partial charge in [0.25, 0.3) is 5.69 Å². The first kappa shape index (κ1) is 35.7. The van der Waals surface area contributed by atoms with Crippen molar-refractivity contribution in [1.29, 1.82) is 0 Å². The topological polar surface area (TPSA) is 127 Å². The van der Waals surface area contributed by atoms with Crippen LogP contribution in [0.2, 0.25) is 0 Å². The summed E-state index contributed by atoms with van der Waals surface area (Å²) >= 11 is 0. The molecule has 2 aliphatic heterocycles. The van der Waals surface area contributed by atoms with Crippen molar-refractivity contribution >= 4 is 17.5 Å². The first-order valence-corrected chi connectivity index (χ1v) is 17.2. The van der Waals surface area contributed by atoms with Gasteiger partial charge in [-0.25, -0.2) is 4.79 Å².